The molecule has 1 heterocycles. The first-order valence-corrected chi connectivity index (χ1v) is 9.74. The smallest absolute Gasteiger partial charge is 0.255 e. The Balaban J connectivity index is 1.60. The van der Waals surface area contributed by atoms with Gasteiger partial charge in [-0.25, -0.2) is 0 Å². The Bertz CT molecular complexity index is 874. The molecule has 0 spiro atoms. The molecule has 2 aromatic carbocycles. The molecule has 142 valence electrons. The number of piperidine rings is 1. The molecule has 1 aliphatic rings. The van der Waals surface area contributed by atoms with Crippen molar-refractivity contribution in [3.05, 3.63) is 63.1 Å². The third-order valence-electron chi connectivity index (χ3n) is 5.18. The number of benzene rings is 2. The molecule has 0 saturated carbocycles. The molecule has 0 radical (unpaired) electrons. The monoisotopic (exact) mass is 404 g/mol. The number of hydrogen-bond donors (Lipinski definition) is 1. The molecule has 2 amide bonds. The lowest BCUT2D eigenvalue weighted by molar-refractivity contribution is -0.121. The molecule has 1 saturated heterocycles. The summed E-state index contributed by atoms with van der Waals surface area (Å²) in [5, 5.41) is 3.88. The molecule has 6 heteroatoms. The third-order valence-corrected chi connectivity index (χ3v) is 5.72. The maximum absolute atomic E-state index is 12.7. The second-order valence-electron chi connectivity index (χ2n) is 6.93. The van der Waals surface area contributed by atoms with Crippen LogP contribution >= 0.6 is 23.2 Å². The van der Waals surface area contributed by atoms with Crippen molar-refractivity contribution in [2.24, 2.45) is 5.92 Å². The van der Waals surface area contributed by atoms with E-state index in [1.807, 2.05) is 32.0 Å². The molecule has 0 unspecified atom stereocenters. The summed E-state index contributed by atoms with van der Waals surface area (Å²) in [4.78, 5) is 27.0. The number of amides is 2. The average molecular weight is 405 g/mol. The van der Waals surface area contributed by atoms with Crippen molar-refractivity contribution < 1.29 is 9.59 Å². The van der Waals surface area contributed by atoms with Crippen molar-refractivity contribution in [3.8, 4) is 0 Å². The molecule has 0 aliphatic carbocycles. The summed E-state index contributed by atoms with van der Waals surface area (Å²) in [6, 6.07) is 10.8. The van der Waals surface area contributed by atoms with Crippen molar-refractivity contribution in [1.29, 1.82) is 0 Å². The molecule has 0 atom stereocenters. The van der Waals surface area contributed by atoms with Crippen LogP contribution in [0.25, 0.3) is 0 Å². The fourth-order valence-electron chi connectivity index (χ4n) is 3.30. The van der Waals surface area contributed by atoms with Gasteiger partial charge < -0.3 is 10.2 Å². The minimum absolute atomic E-state index is 0.0142. The van der Waals surface area contributed by atoms with E-state index in [-0.39, 0.29) is 17.7 Å². The number of rotatable bonds is 3. The van der Waals surface area contributed by atoms with Gasteiger partial charge in [-0.15, -0.1) is 0 Å². The lowest BCUT2D eigenvalue weighted by Crippen LogP contribution is -2.41. The van der Waals surface area contributed by atoms with Gasteiger partial charge in [-0.3, -0.25) is 9.59 Å². The van der Waals surface area contributed by atoms with Crippen LogP contribution in [0.4, 0.5) is 5.69 Å². The summed E-state index contributed by atoms with van der Waals surface area (Å²) in [6.45, 7) is 5.09. The number of likely N-dealkylation sites (tertiary alicyclic amines) is 1. The van der Waals surface area contributed by atoms with Crippen LogP contribution in [0.3, 0.4) is 0 Å². The van der Waals surface area contributed by atoms with Crippen molar-refractivity contribution >= 4 is 40.7 Å². The molecular formula is C21H22Cl2N2O2. The Morgan fingerprint density at radius 1 is 1.07 bits per heavy atom. The number of carbonyl (C=O) groups is 2. The molecule has 1 N–H and O–H groups in total. The largest absolute Gasteiger partial charge is 0.339 e. The lowest BCUT2D eigenvalue weighted by Gasteiger charge is -2.31. The van der Waals surface area contributed by atoms with Gasteiger partial charge in [0, 0.05) is 29.7 Å². The normalized spacial score (nSPS) is 14.9. The highest BCUT2D eigenvalue weighted by Crippen LogP contribution is 2.26. The Labute approximate surface area is 169 Å². The van der Waals surface area contributed by atoms with Crippen LogP contribution in [-0.4, -0.2) is 29.8 Å². The number of aryl methyl sites for hydroxylation is 1. The van der Waals surface area contributed by atoms with E-state index in [1.54, 1.807) is 23.1 Å². The fraction of sp³-hybridized carbons (Fsp3) is 0.333. The van der Waals surface area contributed by atoms with E-state index in [1.165, 1.54) is 0 Å². The van der Waals surface area contributed by atoms with Gasteiger partial charge in [0.1, 0.15) is 0 Å². The highest BCUT2D eigenvalue weighted by molar-refractivity contribution is 6.36. The molecule has 1 fully saturated rings. The Kier molecular flexibility index (Phi) is 6.08. The highest BCUT2D eigenvalue weighted by atomic mass is 35.5. The predicted octanol–water partition coefficient (Wildman–Crippen LogP) is 5.10. The topological polar surface area (TPSA) is 49.4 Å². The van der Waals surface area contributed by atoms with E-state index in [0.717, 1.165) is 16.8 Å². The average Bonchev–Trinajstić information content (AvgIpc) is 2.65. The van der Waals surface area contributed by atoms with Crippen molar-refractivity contribution in [2.45, 2.75) is 26.7 Å². The molecule has 2 aromatic rings. The van der Waals surface area contributed by atoms with Gasteiger partial charge >= 0.3 is 0 Å². The van der Waals surface area contributed by atoms with Crippen molar-refractivity contribution in [3.63, 3.8) is 0 Å². The van der Waals surface area contributed by atoms with Crippen LogP contribution in [-0.2, 0) is 4.79 Å². The number of nitrogens with zero attached hydrogens (tertiary/aromatic N) is 1. The van der Waals surface area contributed by atoms with Gasteiger partial charge in [0.05, 0.1) is 10.6 Å². The maximum Gasteiger partial charge on any atom is 0.255 e. The first-order chi connectivity index (χ1) is 12.9. The standard InChI is InChI=1S/C21H22Cl2N2O2/c1-13-4-3-5-19(14(13)2)24-20(26)15-8-10-25(11-9-15)21(27)17-7-6-16(22)12-18(17)23/h3-7,12,15H,8-11H2,1-2H3,(H,24,26). The minimum atomic E-state index is -0.120. The van der Waals surface area contributed by atoms with E-state index in [0.29, 0.717) is 41.5 Å². The fourth-order valence-corrected chi connectivity index (χ4v) is 3.79. The van der Waals surface area contributed by atoms with Crippen LogP contribution in [0.2, 0.25) is 10.0 Å². The zero-order valence-electron chi connectivity index (χ0n) is 15.4. The first-order valence-electron chi connectivity index (χ1n) is 8.98. The Hall–Kier alpha value is -2.04. The van der Waals surface area contributed by atoms with E-state index in [4.69, 9.17) is 23.2 Å². The second kappa shape index (κ2) is 8.32. The van der Waals surface area contributed by atoms with Gasteiger partial charge in [0.15, 0.2) is 0 Å². The van der Waals surface area contributed by atoms with E-state index < -0.39 is 0 Å². The van der Waals surface area contributed by atoms with Crippen molar-refractivity contribution in [1.82, 2.24) is 4.90 Å². The number of carbonyl (C=O) groups excluding carboxylic acids is 2. The summed E-state index contributed by atoms with van der Waals surface area (Å²) in [6.07, 6.45) is 1.27. The molecule has 3 rings (SSSR count). The molecule has 0 bridgehead atoms. The van der Waals surface area contributed by atoms with Gasteiger partial charge in [-0.1, -0.05) is 35.3 Å². The van der Waals surface area contributed by atoms with E-state index in [9.17, 15) is 9.59 Å². The van der Waals surface area contributed by atoms with Crippen LogP contribution < -0.4 is 5.32 Å². The number of nitrogens with one attached hydrogen (secondary N) is 1. The van der Waals surface area contributed by atoms with E-state index >= 15 is 0 Å². The van der Waals surface area contributed by atoms with Crippen LogP contribution in [0.15, 0.2) is 36.4 Å². The molecule has 27 heavy (non-hydrogen) atoms. The van der Waals surface area contributed by atoms with Gasteiger partial charge in [-0.2, -0.15) is 0 Å². The van der Waals surface area contributed by atoms with Crippen LogP contribution in [0.5, 0.6) is 0 Å². The summed E-state index contributed by atoms with van der Waals surface area (Å²) < 4.78 is 0. The summed E-state index contributed by atoms with van der Waals surface area (Å²) in [7, 11) is 0. The first kappa shape index (κ1) is 19.7. The third kappa shape index (κ3) is 4.45. The number of hydrogen-bond acceptors (Lipinski definition) is 2. The Morgan fingerprint density at radius 2 is 1.78 bits per heavy atom. The van der Waals surface area contributed by atoms with Gasteiger partial charge in [-0.05, 0) is 62.1 Å². The molecular weight excluding hydrogens is 383 g/mol. The van der Waals surface area contributed by atoms with Crippen LogP contribution in [0.1, 0.15) is 34.3 Å². The lowest BCUT2D eigenvalue weighted by atomic mass is 9.95. The summed E-state index contributed by atoms with van der Waals surface area (Å²) >= 11 is 12.0. The quantitative estimate of drug-likeness (QED) is 0.772. The number of anilines is 1. The molecule has 4 nitrogen and oxygen atoms in total. The minimum Gasteiger partial charge on any atom is -0.339 e. The van der Waals surface area contributed by atoms with E-state index in [2.05, 4.69) is 5.32 Å². The highest BCUT2D eigenvalue weighted by Gasteiger charge is 2.28. The SMILES string of the molecule is Cc1cccc(NC(=O)C2CCN(C(=O)c3ccc(Cl)cc3Cl)CC2)c1C. The zero-order valence-corrected chi connectivity index (χ0v) is 16.9. The van der Waals surface area contributed by atoms with Crippen molar-refractivity contribution in [2.75, 3.05) is 18.4 Å². The summed E-state index contributed by atoms with van der Waals surface area (Å²) in [5.41, 5.74) is 3.52. The molecule has 1 aliphatic heterocycles. The second-order valence-corrected chi connectivity index (χ2v) is 7.77. The summed E-state index contributed by atoms with van der Waals surface area (Å²) in [5.74, 6) is -0.208. The Morgan fingerprint density at radius 3 is 2.44 bits per heavy atom. The number of halogens is 2. The van der Waals surface area contributed by atoms with Crippen LogP contribution in [0, 0.1) is 19.8 Å². The zero-order chi connectivity index (χ0) is 19.6. The maximum atomic E-state index is 12.7. The predicted molar refractivity (Wildman–Crippen MR) is 110 cm³/mol. The molecule has 0 aromatic heterocycles. The van der Waals surface area contributed by atoms with Gasteiger partial charge in [0.25, 0.3) is 5.91 Å². The van der Waals surface area contributed by atoms with Gasteiger partial charge in [0.2, 0.25) is 5.91 Å².